The molecule has 2 aromatic carbocycles. The van der Waals surface area contributed by atoms with Gasteiger partial charge < -0.3 is 5.32 Å². The summed E-state index contributed by atoms with van der Waals surface area (Å²) in [7, 11) is -3.65. The lowest BCUT2D eigenvalue weighted by Crippen LogP contribution is -2.34. The van der Waals surface area contributed by atoms with Crippen LogP contribution in [-0.2, 0) is 10.0 Å². The smallest absolute Gasteiger partial charge is 0.261 e. The molecule has 0 atom stereocenters. The van der Waals surface area contributed by atoms with Crippen molar-refractivity contribution in [2.75, 3.05) is 13.1 Å². The highest BCUT2D eigenvalue weighted by molar-refractivity contribution is 7.89. The zero-order chi connectivity index (χ0) is 19.6. The van der Waals surface area contributed by atoms with Crippen molar-refractivity contribution in [3.63, 3.8) is 0 Å². The summed E-state index contributed by atoms with van der Waals surface area (Å²) < 4.78 is 41.7. The average Bonchev–Trinajstić information content (AvgIpc) is 3.06. The summed E-state index contributed by atoms with van der Waals surface area (Å²) in [5.74, 6) is -0.731. The Morgan fingerprint density at radius 1 is 1.11 bits per heavy atom. The number of hydrogen-bond acceptors (Lipinski definition) is 4. The van der Waals surface area contributed by atoms with Crippen LogP contribution in [0.5, 0.6) is 0 Å². The standard InChI is InChI=1S/C19H19FN2O3S2/c1-12-6-7-13(2)18(10-12)27(24,25)22-9-8-21-19(23)17-11-14-15(20)4-3-5-16(14)26-17/h3-7,10-11,22H,8-9H2,1-2H3,(H,21,23). The largest absolute Gasteiger partial charge is 0.350 e. The Balaban J connectivity index is 1.60. The first-order valence-corrected chi connectivity index (χ1v) is 10.6. The van der Waals surface area contributed by atoms with Gasteiger partial charge in [0.15, 0.2) is 0 Å². The highest BCUT2D eigenvalue weighted by atomic mass is 32.2. The second-order valence-corrected chi connectivity index (χ2v) is 9.00. The highest BCUT2D eigenvalue weighted by Crippen LogP contribution is 2.27. The molecule has 0 unspecified atom stereocenters. The first-order valence-electron chi connectivity index (χ1n) is 8.31. The molecule has 1 heterocycles. The highest BCUT2D eigenvalue weighted by Gasteiger charge is 2.17. The van der Waals surface area contributed by atoms with Crippen molar-refractivity contribution >= 4 is 37.4 Å². The lowest BCUT2D eigenvalue weighted by molar-refractivity contribution is 0.0958. The number of benzene rings is 2. The SMILES string of the molecule is Cc1ccc(C)c(S(=O)(=O)NCCNC(=O)c2cc3c(F)cccc3s2)c1. The summed E-state index contributed by atoms with van der Waals surface area (Å²) in [5, 5.41) is 3.06. The average molecular weight is 407 g/mol. The fourth-order valence-electron chi connectivity index (χ4n) is 2.66. The molecular weight excluding hydrogens is 387 g/mol. The molecule has 0 radical (unpaired) electrons. The number of carbonyl (C=O) groups excluding carboxylic acids is 1. The number of thiophene rings is 1. The molecule has 0 spiro atoms. The summed E-state index contributed by atoms with van der Waals surface area (Å²) in [6.45, 7) is 3.74. The van der Waals surface area contributed by atoms with E-state index in [-0.39, 0.29) is 29.7 Å². The van der Waals surface area contributed by atoms with Gasteiger partial charge >= 0.3 is 0 Å². The number of sulfonamides is 1. The Hall–Kier alpha value is -2.29. The summed E-state index contributed by atoms with van der Waals surface area (Å²) in [6, 6.07) is 11.4. The van der Waals surface area contributed by atoms with Crippen LogP contribution in [0.2, 0.25) is 0 Å². The molecular formula is C19H19FN2O3S2. The van der Waals surface area contributed by atoms with Crippen LogP contribution in [0.3, 0.4) is 0 Å². The first kappa shape index (κ1) is 19.5. The van der Waals surface area contributed by atoms with Gasteiger partial charge in [-0.3, -0.25) is 4.79 Å². The summed E-state index contributed by atoms with van der Waals surface area (Å²) in [4.78, 5) is 12.8. The first-order chi connectivity index (χ1) is 12.8. The lowest BCUT2D eigenvalue weighted by atomic mass is 10.2. The predicted octanol–water partition coefficient (Wildman–Crippen LogP) is 3.37. The Morgan fingerprint density at radius 2 is 1.89 bits per heavy atom. The van der Waals surface area contributed by atoms with E-state index >= 15 is 0 Å². The molecule has 0 aliphatic rings. The van der Waals surface area contributed by atoms with E-state index in [4.69, 9.17) is 0 Å². The molecule has 1 amide bonds. The quantitative estimate of drug-likeness (QED) is 0.617. The van der Waals surface area contributed by atoms with E-state index in [1.54, 1.807) is 31.2 Å². The van der Waals surface area contributed by atoms with Crippen molar-refractivity contribution in [1.29, 1.82) is 0 Å². The minimum absolute atomic E-state index is 0.0563. The Morgan fingerprint density at radius 3 is 2.63 bits per heavy atom. The molecule has 1 aromatic heterocycles. The number of fused-ring (bicyclic) bond motifs is 1. The predicted molar refractivity (Wildman–Crippen MR) is 105 cm³/mol. The third-order valence-corrected chi connectivity index (χ3v) is 6.77. The number of aryl methyl sites for hydroxylation is 2. The molecule has 0 aliphatic heterocycles. The van der Waals surface area contributed by atoms with E-state index in [0.717, 1.165) is 5.56 Å². The van der Waals surface area contributed by atoms with Crippen molar-refractivity contribution in [2.45, 2.75) is 18.7 Å². The molecule has 0 saturated carbocycles. The van der Waals surface area contributed by atoms with Gasteiger partial charge in [0, 0.05) is 23.2 Å². The normalized spacial score (nSPS) is 11.7. The topological polar surface area (TPSA) is 75.3 Å². The van der Waals surface area contributed by atoms with E-state index < -0.39 is 10.0 Å². The maximum absolute atomic E-state index is 13.7. The van der Waals surface area contributed by atoms with Crippen LogP contribution in [0.15, 0.2) is 47.4 Å². The van der Waals surface area contributed by atoms with E-state index in [1.807, 2.05) is 13.0 Å². The van der Waals surface area contributed by atoms with Crippen LogP contribution in [0.25, 0.3) is 10.1 Å². The third kappa shape index (κ3) is 4.35. The van der Waals surface area contributed by atoms with Crippen LogP contribution in [-0.4, -0.2) is 27.4 Å². The number of nitrogens with one attached hydrogen (secondary N) is 2. The van der Waals surface area contributed by atoms with Gasteiger partial charge in [-0.2, -0.15) is 0 Å². The monoisotopic (exact) mass is 406 g/mol. The Kier molecular flexibility index (Phi) is 5.59. The van der Waals surface area contributed by atoms with Crippen molar-refractivity contribution in [1.82, 2.24) is 10.0 Å². The maximum Gasteiger partial charge on any atom is 0.261 e. The van der Waals surface area contributed by atoms with Gasteiger partial charge in [-0.25, -0.2) is 17.5 Å². The molecule has 2 N–H and O–H groups in total. The number of carbonyl (C=O) groups is 1. The molecule has 0 saturated heterocycles. The van der Waals surface area contributed by atoms with Crippen molar-refractivity contribution in [3.05, 3.63) is 64.3 Å². The molecule has 27 heavy (non-hydrogen) atoms. The molecule has 5 nitrogen and oxygen atoms in total. The van der Waals surface area contributed by atoms with Crippen molar-refractivity contribution < 1.29 is 17.6 Å². The van der Waals surface area contributed by atoms with E-state index in [9.17, 15) is 17.6 Å². The summed E-state index contributed by atoms with van der Waals surface area (Å²) in [6.07, 6.45) is 0. The molecule has 0 fully saturated rings. The Bertz CT molecular complexity index is 1110. The van der Waals surface area contributed by atoms with Crippen LogP contribution in [0, 0.1) is 19.7 Å². The minimum atomic E-state index is -3.65. The van der Waals surface area contributed by atoms with Gasteiger partial charge in [-0.05, 0) is 49.2 Å². The molecule has 8 heteroatoms. The fourth-order valence-corrected chi connectivity index (χ4v) is 5.01. The van der Waals surface area contributed by atoms with Crippen LogP contribution < -0.4 is 10.0 Å². The van der Waals surface area contributed by atoms with Gasteiger partial charge in [0.2, 0.25) is 10.0 Å². The van der Waals surface area contributed by atoms with E-state index in [2.05, 4.69) is 10.0 Å². The molecule has 3 rings (SSSR count). The van der Waals surface area contributed by atoms with E-state index in [0.29, 0.717) is 20.5 Å². The number of hydrogen-bond donors (Lipinski definition) is 2. The van der Waals surface area contributed by atoms with Crippen molar-refractivity contribution in [2.24, 2.45) is 0 Å². The zero-order valence-electron chi connectivity index (χ0n) is 14.9. The van der Waals surface area contributed by atoms with Crippen molar-refractivity contribution in [3.8, 4) is 0 Å². The van der Waals surface area contributed by atoms with Gasteiger partial charge in [-0.15, -0.1) is 11.3 Å². The second-order valence-electron chi connectivity index (χ2n) is 6.18. The van der Waals surface area contributed by atoms with Crippen LogP contribution in [0.4, 0.5) is 4.39 Å². The van der Waals surface area contributed by atoms with Gasteiger partial charge in [0.05, 0.1) is 9.77 Å². The molecule has 3 aromatic rings. The fraction of sp³-hybridized carbons (Fsp3) is 0.211. The maximum atomic E-state index is 13.7. The summed E-state index contributed by atoms with van der Waals surface area (Å²) >= 11 is 1.19. The zero-order valence-corrected chi connectivity index (χ0v) is 16.5. The van der Waals surface area contributed by atoms with Crippen LogP contribution in [0.1, 0.15) is 20.8 Å². The number of rotatable bonds is 6. The third-order valence-electron chi connectivity index (χ3n) is 4.07. The minimum Gasteiger partial charge on any atom is -0.350 e. The summed E-state index contributed by atoms with van der Waals surface area (Å²) in [5.41, 5.74) is 1.51. The Labute approximate surface area is 161 Å². The van der Waals surface area contributed by atoms with Gasteiger partial charge in [0.25, 0.3) is 5.91 Å². The lowest BCUT2D eigenvalue weighted by Gasteiger charge is -2.10. The number of halogens is 1. The molecule has 142 valence electrons. The van der Waals surface area contributed by atoms with Gasteiger partial charge in [-0.1, -0.05) is 18.2 Å². The van der Waals surface area contributed by atoms with E-state index in [1.165, 1.54) is 23.5 Å². The molecule has 0 bridgehead atoms. The van der Waals surface area contributed by atoms with Gasteiger partial charge in [0.1, 0.15) is 5.82 Å². The molecule has 0 aliphatic carbocycles. The van der Waals surface area contributed by atoms with Crippen LogP contribution >= 0.6 is 11.3 Å². The second kappa shape index (κ2) is 7.75. The number of amides is 1.